The lowest BCUT2D eigenvalue weighted by molar-refractivity contribution is 0.0676. The lowest BCUT2D eigenvalue weighted by Gasteiger charge is -2.43. The number of aliphatic hydroxyl groups is 1. The number of benzene rings is 1. The maximum absolute atomic E-state index is 12.1. The van der Waals surface area contributed by atoms with Crippen molar-refractivity contribution in [1.29, 1.82) is 0 Å². The van der Waals surface area contributed by atoms with E-state index >= 15 is 0 Å². The number of β-amino-alcohol motifs (C(OH)–C–C–N with tert-alkyl or cyclic N) is 1. The van der Waals surface area contributed by atoms with E-state index in [1.165, 1.54) is 0 Å². The summed E-state index contributed by atoms with van der Waals surface area (Å²) in [6, 6.07) is 13.3. The van der Waals surface area contributed by atoms with Crippen LogP contribution in [0.1, 0.15) is 18.0 Å². The van der Waals surface area contributed by atoms with Gasteiger partial charge in [-0.15, -0.1) is 0 Å². The van der Waals surface area contributed by atoms with Crippen LogP contribution >= 0.6 is 0 Å². The first kappa shape index (κ1) is 18.1. The molecule has 0 amide bonds. The third-order valence-corrected chi connectivity index (χ3v) is 5.66. The maximum atomic E-state index is 12.1. The Morgan fingerprint density at radius 3 is 2.78 bits per heavy atom. The van der Waals surface area contributed by atoms with Crippen molar-refractivity contribution in [2.24, 2.45) is 5.92 Å². The number of nitrogens with one attached hydrogen (secondary N) is 1. The molecule has 0 aliphatic carbocycles. The van der Waals surface area contributed by atoms with Crippen molar-refractivity contribution in [3.8, 4) is 5.75 Å². The second-order valence-electron chi connectivity index (χ2n) is 7.68. The summed E-state index contributed by atoms with van der Waals surface area (Å²) in [6.45, 7) is 3.79. The fraction of sp³-hybridized carbons (Fsp3) is 0.476. The largest absolute Gasteiger partial charge is 0.497 e. The predicted molar refractivity (Wildman–Crippen MR) is 105 cm³/mol. The zero-order valence-corrected chi connectivity index (χ0v) is 15.7. The van der Waals surface area contributed by atoms with Gasteiger partial charge in [0, 0.05) is 56.1 Å². The van der Waals surface area contributed by atoms with E-state index in [2.05, 4.69) is 16.3 Å². The summed E-state index contributed by atoms with van der Waals surface area (Å²) in [4.78, 5) is 14.5. The number of aliphatic hydroxyl groups excluding tert-OH is 1. The second-order valence-corrected chi connectivity index (χ2v) is 7.68. The van der Waals surface area contributed by atoms with E-state index in [1.807, 2.05) is 34.9 Å². The number of fused-ring (bicyclic) bond motifs is 4. The number of aromatic nitrogens is 1. The Kier molecular flexibility index (Phi) is 5.18. The topological polar surface area (TPSA) is 66.7 Å². The molecule has 0 radical (unpaired) electrons. The summed E-state index contributed by atoms with van der Waals surface area (Å²) in [7, 11) is 1.65. The minimum atomic E-state index is -0.441. The molecule has 1 fully saturated rings. The van der Waals surface area contributed by atoms with Crippen molar-refractivity contribution in [3.63, 3.8) is 0 Å². The summed E-state index contributed by atoms with van der Waals surface area (Å²) in [5, 5.41) is 13.8. The number of ether oxygens (including phenoxy) is 1. The number of anilines is 1. The summed E-state index contributed by atoms with van der Waals surface area (Å²) in [5.41, 5.74) is 2.23. The van der Waals surface area contributed by atoms with E-state index in [0.29, 0.717) is 24.9 Å². The molecule has 3 atom stereocenters. The van der Waals surface area contributed by atoms with Crippen LogP contribution in [0, 0.1) is 5.92 Å². The molecule has 6 heteroatoms. The Morgan fingerprint density at radius 2 is 2.00 bits per heavy atom. The number of piperidine rings is 1. The Morgan fingerprint density at radius 1 is 1.19 bits per heavy atom. The Labute approximate surface area is 159 Å². The van der Waals surface area contributed by atoms with Crippen molar-refractivity contribution in [2.45, 2.75) is 25.0 Å². The molecule has 2 N–H and O–H groups in total. The van der Waals surface area contributed by atoms with E-state index in [1.54, 1.807) is 13.2 Å². The van der Waals surface area contributed by atoms with Gasteiger partial charge in [-0.2, -0.15) is 0 Å². The van der Waals surface area contributed by atoms with Crippen molar-refractivity contribution in [2.75, 3.05) is 38.6 Å². The number of hydrogen-bond acceptors (Lipinski definition) is 5. The molecule has 1 aromatic heterocycles. The van der Waals surface area contributed by atoms with Crippen LogP contribution in [0.3, 0.4) is 0 Å². The fourth-order valence-corrected chi connectivity index (χ4v) is 4.45. The maximum Gasteiger partial charge on any atom is 0.250 e. The van der Waals surface area contributed by atoms with E-state index in [9.17, 15) is 9.90 Å². The fourth-order valence-electron chi connectivity index (χ4n) is 4.45. The van der Waals surface area contributed by atoms with Gasteiger partial charge in [0.1, 0.15) is 5.75 Å². The number of rotatable bonds is 6. The highest BCUT2D eigenvalue weighted by Gasteiger charge is 2.34. The van der Waals surface area contributed by atoms with E-state index in [0.717, 1.165) is 43.2 Å². The Bertz CT molecular complexity index is 833. The molecule has 0 saturated carbocycles. The Balaban J connectivity index is 1.33. The second kappa shape index (κ2) is 7.74. The molecular formula is C21H27N3O3. The van der Waals surface area contributed by atoms with Gasteiger partial charge in [-0.3, -0.25) is 9.69 Å². The quantitative estimate of drug-likeness (QED) is 0.812. The third kappa shape index (κ3) is 4.01. The average Bonchev–Trinajstić information content (AvgIpc) is 2.67. The van der Waals surface area contributed by atoms with Crippen LogP contribution in [-0.4, -0.2) is 54.0 Å². The molecule has 0 spiro atoms. The van der Waals surface area contributed by atoms with Gasteiger partial charge >= 0.3 is 0 Å². The summed E-state index contributed by atoms with van der Waals surface area (Å²) >= 11 is 0. The van der Waals surface area contributed by atoms with Crippen LogP contribution in [0.15, 0.2) is 47.3 Å². The third-order valence-electron chi connectivity index (χ3n) is 5.66. The van der Waals surface area contributed by atoms with Gasteiger partial charge in [0.05, 0.1) is 13.2 Å². The standard InChI is InChI=1S/C21H27N3O3/c1-27-19-7-5-17(6-8-19)22-10-18(25)14-23-11-15-9-16(13-23)20-3-2-4-21(26)24(20)12-15/h2-8,15-16,18,22,25H,9-14H2,1H3/t15-,16-,18-/m1/s1. The van der Waals surface area contributed by atoms with Crippen molar-refractivity contribution >= 4 is 5.69 Å². The number of likely N-dealkylation sites (tertiary alicyclic amines) is 1. The lowest BCUT2D eigenvalue weighted by atomic mass is 9.83. The highest BCUT2D eigenvalue weighted by atomic mass is 16.5. The van der Waals surface area contributed by atoms with E-state index < -0.39 is 6.10 Å². The molecule has 4 rings (SSSR count). The van der Waals surface area contributed by atoms with Crippen LogP contribution in [0.2, 0.25) is 0 Å². The van der Waals surface area contributed by atoms with Crippen molar-refractivity contribution in [3.05, 3.63) is 58.5 Å². The van der Waals surface area contributed by atoms with Gasteiger partial charge in [-0.05, 0) is 42.7 Å². The molecule has 27 heavy (non-hydrogen) atoms. The molecule has 2 aliphatic heterocycles. The van der Waals surface area contributed by atoms with Crippen molar-refractivity contribution in [1.82, 2.24) is 9.47 Å². The number of hydrogen-bond donors (Lipinski definition) is 2. The highest BCUT2D eigenvalue weighted by molar-refractivity contribution is 5.46. The normalized spacial score (nSPS) is 22.7. The SMILES string of the molecule is COc1ccc(NC[C@@H](O)CN2C[C@H]3C[C@H](C2)c2cccc(=O)n2C3)cc1. The first-order valence-electron chi connectivity index (χ1n) is 9.60. The summed E-state index contributed by atoms with van der Waals surface area (Å²) in [5.74, 6) is 1.69. The molecule has 6 nitrogen and oxygen atoms in total. The highest BCUT2D eigenvalue weighted by Crippen LogP contribution is 2.34. The van der Waals surface area contributed by atoms with Gasteiger partial charge in [0.15, 0.2) is 0 Å². The molecule has 2 aliphatic rings. The van der Waals surface area contributed by atoms with Gasteiger partial charge in [0.2, 0.25) is 0 Å². The van der Waals surface area contributed by atoms with Crippen LogP contribution in [0.5, 0.6) is 5.75 Å². The zero-order chi connectivity index (χ0) is 18.8. The van der Waals surface area contributed by atoms with Crippen LogP contribution in [0.25, 0.3) is 0 Å². The van der Waals surface area contributed by atoms with Gasteiger partial charge < -0.3 is 19.7 Å². The number of methoxy groups -OCH3 is 1. The minimum Gasteiger partial charge on any atom is -0.497 e. The molecule has 1 aromatic carbocycles. The van der Waals surface area contributed by atoms with Crippen LogP contribution < -0.4 is 15.6 Å². The van der Waals surface area contributed by atoms with Crippen molar-refractivity contribution < 1.29 is 9.84 Å². The van der Waals surface area contributed by atoms with Crippen LogP contribution in [-0.2, 0) is 6.54 Å². The van der Waals surface area contributed by atoms with E-state index in [-0.39, 0.29) is 5.56 Å². The zero-order valence-electron chi connectivity index (χ0n) is 15.7. The molecule has 3 heterocycles. The smallest absolute Gasteiger partial charge is 0.250 e. The average molecular weight is 369 g/mol. The number of pyridine rings is 1. The molecule has 1 saturated heterocycles. The minimum absolute atomic E-state index is 0.111. The molecule has 2 bridgehead atoms. The van der Waals surface area contributed by atoms with Crippen LogP contribution in [0.4, 0.5) is 5.69 Å². The Hall–Kier alpha value is -2.31. The monoisotopic (exact) mass is 369 g/mol. The summed E-state index contributed by atoms with van der Waals surface area (Å²) in [6.07, 6.45) is 0.698. The first-order valence-corrected chi connectivity index (χ1v) is 9.60. The summed E-state index contributed by atoms with van der Waals surface area (Å²) < 4.78 is 7.10. The van der Waals surface area contributed by atoms with Gasteiger partial charge in [-0.1, -0.05) is 6.07 Å². The van der Waals surface area contributed by atoms with Gasteiger partial charge in [-0.25, -0.2) is 0 Å². The van der Waals surface area contributed by atoms with Gasteiger partial charge in [0.25, 0.3) is 5.56 Å². The lowest BCUT2D eigenvalue weighted by Crippen LogP contribution is -2.49. The molecule has 2 aromatic rings. The predicted octanol–water partition coefficient (Wildman–Crippen LogP) is 1.75. The first-order chi connectivity index (χ1) is 13.1. The molecule has 0 unspecified atom stereocenters. The van der Waals surface area contributed by atoms with E-state index in [4.69, 9.17) is 4.74 Å². The number of nitrogens with zero attached hydrogens (tertiary/aromatic N) is 2. The molecular weight excluding hydrogens is 342 g/mol. The molecule has 144 valence electrons.